The van der Waals surface area contributed by atoms with E-state index < -0.39 is 0 Å². The third-order valence-corrected chi connectivity index (χ3v) is 4.40. The van der Waals surface area contributed by atoms with E-state index in [1.807, 2.05) is 72.0 Å². The molecule has 2 aromatic carbocycles. The van der Waals surface area contributed by atoms with Crippen LogP contribution in [0.2, 0.25) is 0 Å². The summed E-state index contributed by atoms with van der Waals surface area (Å²) in [5, 5.41) is 2.97. The highest BCUT2D eigenvalue weighted by molar-refractivity contribution is 6.08. The van der Waals surface area contributed by atoms with Gasteiger partial charge in [-0.25, -0.2) is 0 Å². The average molecular weight is 445 g/mol. The van der Waals surface area contributed by atoms with Crippen molar-refractivity contribution in [2.24, 2.45) is 4.99 Å². The normalized spacial score (nSPS) is 10.8. The van der Waals surface area contributed by atoms with Crippen LogP contribution in [0.15, 0.2) is 84.0 Å². The Labute approximate surface area is 204 Å². The van der Waals surface area contributed by atoms with Crippen molar-refractivity contribution in [1.82, 2.24) is 0 Å². The van der Waals surface area contributed by atoms with Gasteiger partial charge in [-0.1, -0.05) is 82.3 Å². The molecule has 0 bridgehead atoms. The minimum atomic E-state index is 0. The zero-order chi connectivity index (χ0) is 24.4. The molecular weight excluding hydrogens is 400 g/mol. The minimum absolute atomic E-state index is 0. The second-order valence-corrected chi connectivity index (χ2v) is 7.04. The average Bonchev–Trinajstić information content (AvgIpc) is 3.30. The molecule has 0 aromatic heterocycles. The lowest BCUT2D eigenvalue weighted by Gasteiger charge is -2.06. The largest absolute Gasteiger partial charge is 0.315 e. The predicted molar refractivity (Wildman–Crippen MR) is 153 cm³/mol. The molecule has 0 unspecified atom stereocenters. The van der Waals surface area contributed by atoms with Gasteiger partial charge in [-0.05, 0) is 81.5 Å². The number of nitrogens with one attached hydrogen (secondary N) is 1. The van der Waals surface area contributed by atoms with Crippen LogP contribution < -0.4 is 5.32 Å². The van der Waals surface area contributed by atoms with Gasteiger partial charge in [0.1, 0.15) is 0 Å². The van der Waals surface area contributed by atoms with Crippen molar-refractivity contribution in [3.05, 3.63) is 95.7 Å². The Bertz CT molecular complexity index is 975. The zero-order valence-corrected chi connectivity index (χ0v) is 21.2. The lowest BCUT2D eigenvalue weighted by Crippen LogP contribution is -1.96. The number of allylic oxidation sites excluding steroid dienone is 4. The molecule has 1 N–H and O–H groups in total. The molecule has 1 aliphatic rings. The van der Waals surface area contributed by atoms with E-state index in [9.17, 15) is 0 Å². The highest BCUT2D eigenvalue weighted by atomic mass is 14.8. The first-order valence-electron chi connectivity index (χ1n) is 11.2. The van der Waals surface area contributed by atoms with E-state index in [4.69, 9.17) is 0 Å². The molecule has 3 rings (SSSR count). The third kappa shape index (κ3) is 13.0. The predicted octanol–water partition coefficient (Wildman–Crippen LogP) is 9.39. The van der Waals surface area contributed by atoms with E-state index >= 15 is 0 Å². The first-order valence-corrected chi connectivity index (χ1v) is 11.2. The van der Waals surface area contributed by atoms with Crippen molar-refractivity contribution in [3.63, 3.8) is 0 Å². The van der Waals surface area contributed by atoms with Gasteiger partial charge < -0.3 is 5.32 Å². The summed E-state index contributed by atoms with van der Waals surface area (Å²) >= 11 is 0. The highest BCUT2D eigenvalue weighted by Gasteiger charge is 2.13. The van der Waals surface area contributed by atoms with Crippen LogP contribution in [-0.2, 0) is 0 Å². The molecule has 2 nitrogen and oxygen atoms in total. The Balaban J connectivity index is 0. The van der Waals surface area contributed by atoms with Gasteiger partial charge in [0.25, 0.3) is 0 Å². The SMILES string of the molecule is C.C/C=C\C.C=C(C)C1=NC=C(c2ccccc2C)C1.CC.CC#CNc1cccc(C)c1. The van der Waals surface area contributed by atoms with Crippen LogP contribution >= 0.6 is 0 Å². The lowest BCUT2D eigenvalue weighted by atomic mass is 9.97. The first-order chi connectivity index (χ1) is 15.4. The fraction of sp³-hybridized carbons (Fsp3) is 0.323. The maximum absolute atomic E-state index is 4.39. The van der Waals surface area contributed by atoms with E-state index in [1.165, 1.54) is 22.3 Å². The molecule has 0 aliphatic carbocycles. The third-order valence-electron chi connectivity index (χ3n) is 4.40. The van der Waals surface area contributed by atoms with Crippen LogP contribution in [0, 0.1) is 25.8 Å². The summed E-state index contributed by atoms with van der Waals surface area (Å²) < 4.78 is 0. The Morgan fingerprint density at radius 3 is 2.15 bits per heavy atom. The van der Waals surface area contributed by atoms with Gasteiger partial charge in [-0.3, -0.25) is 4.99 Å². The van der Waals surface area contributed by atoms with Crippen LogP contribution in [0.25, 0.3) is 5.57 Å². The van der Waals surface area contributed by atoms with Gasteiger partial charge in [-0.2, -0.15) is 0 Å². The fourth-order valence-corrected chi connectivity index (χ4v) is 2.64. The highest BCUT2D eigenvalue weighted by Crippen LogP contribution is 2.27. The standard InChI is InChI=1S/C14H15N.C10H11N.C4H8.C2H6.CH4/c1-10(2)14-8-12(9-15-14)13-7-5-4-6-11(13)3;1-3-7-11-10-6-4-5-9(2)8-10;1-3-4-2;1-2;/h4-7,9H,1,8H2,2-3H3;4-6,8,11H,1-2H3;3-4H,1-2H3;1-2H3;1H4/b;;4-3-;;. The molecule has 0 radical (unpaired) electrons. The van der Waals surface area contributed by atoms with Gasteiger partial charge in [0.2, 0.25) is 0 Å². The fourth-order valence-electron chi connectivity index (χ4n) is 2.64. The summed E-state index contributed by atoms with van der Waals surface area (Å²) in [6.07, 6.45) is 6.88. The zero-order valence-electron chi connectivity index (χ0n) is 21.2. The summed E-state index contributed by atoms with van der Waals surface area (Å²) in [6, 6.07) is 19.3. The second kappa shape index (κ2) is 19.4. The molecule has 178 valence electrons. The van der Waals surface area contributed by atoms with Gasteiger partial charge in [0.15, 0.2) is 0 Å². The maximum Gasteiger partial charge on any atom is 0.0471 e. The quantitative estimate of drug-likeness (QED) is 0.284. The number of anilines is 1. The van der Waals surface area contributed by atoms with E-state index in [-0.39, 0.29) is 7.43 Å². The molecule has 0 saturated heterocycles. The van der Waals surface area contributed by atoms with Crippen LogP contribution in [0.5, 0.6) is 0 Å². The first kappa shape index (κ1) is 31.9. The van der Waals surface area contributed by atoms with E-state index in [0.29, 0.717) is 0 Å². The number of hydrogen-bond donors (Lipinski definition) is 1. The number of rotatable bonds is 3. The smallest absolute Gasteiger partial charge is 0.0471 e. The van der Waals surface area contributed by atoms with Gasteiger partial charge in [-0.15, -0.1) is 0 Å². The molecule has 1 heterocycles. The van der Waals surface area contributed by atoms with E-state index in [0.717, 1.165) is 23.4 Å². The molecular formula is C31H44N2. The Morgan fingerprint density at radius 2 is 1.67 bits per heavy atom. The van der Waals surface area contributed by atoms with E-state index in [2.05, 4.69) is 79.1 Å². The summed E-state index contributed by atoms with van der Waals surface area (Å²) in [4.78, 5) is 4.39. The summed E-state index contributed by atoms with van der Waals surface area (Å²) in [6.45, 7) is 19.9. The van der Waals surface area contributed by atoms with Crippen molar-refractivity contribution in [3.8, 4) is 12.0 Å². The van der Waals surface area contributed by atoms with Crippen molar-refractivity contribution in [2.45, 2.75) is 69.2 Å². The topological polar surface area (TPSA) is 24.4 Å². The molecule has 1 aliphatic heterocycles. The molecule has 0 atom stereocenters. The molecule has 2 aromatic rings. The van der Waals surface area contributed by atoms with Crippen molar-refractivity contribution in [1.29, 1.82) is 0 Å². The van der Waals surface area contributed by atoms with E-state index in [1.54, 1.807) is 0 Å². The summed E-state index contributed by atoms with van der Waals surface area (Å²) in [7, 11) is 0. The van der Waals surface area contributed by atoms with Crippen molar-refractivity contribution < 1.29 is 0 Å². The molecule has 2 heteroatoms. The summed E-state index contributed by atoms with van der Waals surface area (Å²) in [5.74, 6) is 2.77. The maximum atomic E-state index is 4.39. The van der Waals surface area contributed by atoms with Crippen LogP contribution in [0.1, 0.15) is 72.1 Å². The number of aliphatic imine (C=N–C) groups is 1. The number of benzene rings is 2. The molecule has 0 fully saturated rings. The second-order valence-electron chi connectivity index (χ2n) is 7.04. The van der Waals surface area contributed by atoms with Crippen LogP contribution in [-0.4, -0.2) is 5.71 Å². The minimum Gasteiger partial charge on any atom is -0.315 e. The van der Waals surface area contributed by atoms with Crippen LogP contribution in [0.3, 0.4) is 0 Å². The molecule has 0 amide bonds. The van der Waals surface area contributed by atoms with Gasteiger partial charge >= 0.3 is 0 Å². The molecule has 0 spiro atoms. The number of hydrogen-bond acceptors (Lipinski definition) is 2. The Kier molecular flexibility index (Phi) is 18.7. The van der Waals surface area contributed by atoms with Gasteiger partial charge in [0.05, 0.1) is 0 Å². The Morgan fingerprint density at radius 1 is 1.03 bits per heavy atom. The van der Waals surface area contributed by atoms with Crippen molar-refractivity contribution in [2.75, 3.05) is 5.32 Å². The lowest BCUT2D eigenvalue weighted by molar-refractivity contribution is 1.38. The van der Waals surface area contributed by atoms with Crippen molar-refractivity contribution >= 4 is 17.0 Å². The molecule has 33 heavy (non-hydrogen) atoms. The van der Waals surface area contributed by atoms with Gasteiger partial charge in [0, 0.05) is 30.1 Å². The number of nitrogens with zero attached hydrogens (tertiary/aromatic N) is 1. The monoisotopic (exact) mass is 444 g/mol. The number of aryl methyl sites for hydroxylation is 2. The summed E-state index contributed by atoms with van der Waals surface area (Å²) in [5.41, 5.74) is 8.38. The Hall–Kier alpha value is -3.31. The molecule has 0 saturated carbocycles. The van der Waals surface area contributed by atoms with Crippen LogP contribution in [0.4, 0.5) is 5.69 Å².